The van der Waals surface area contributed by atoms with Crippen LogP contribution in [0.1, 0.15) is 39.5 Å². The molecule has 1 heterocycles. The van der Waals surface area contributed by atoms with Gasteiger partial charge in [0, 0.05) is 31.1 Å². The fraction of sp³-hybridized carbons (Fsp3) is 0.600. The Bertz CT molecular complexity index is 532. The fourth-order valence-electron chi connectivity index (χ4n) is 3.01. The highest BCUT2D eigenvalue weighted by molar-refractivity contribution is 6.21. The molecule has 0 bridgehead atoms. The molecule has 0 aromatic carbocycles. The third-order valence-corrected chi connectivity index (χ3v) is 4.10. The number of imide groups is 1. The van der Waals surface area contributed by atoms with Gasteiger partial charge < -0.3 is 5.11 Å². The Hall–Kier alpha value is -1.98. The van der Waals surface area contributed by atoms with Crippen molar-refractivity contribution >= 4 is 23.4 Å². The van der Waals surface area contributed by atoms with Gasteiger partial charge in [-0.1, -0.05) is 13.8 Å². The molecule has 0 radical (unpaired) electrons. The minimum atomic E-state index is -0.469. The van der Waals surface area contributed by atoms with E-state index in [9.17, 15) is 24.3 Å². The molecule has 1 aliphatic heterocycles. The zero-order valence-electron chi connectivity index (χ0n) is 12.1. The number of allylic oxidation sites excluding steroid dienone is 2. The van der Waals surface area contributed by atoms with Gasteiger partial charge in [-0.3, -0.25) is 24.5 Å². The molecule has 1 fully saturated rings. The minimum Gasteiger partial charge on any atom is -0.511 e. The summed E-state index contributed by atoms with van der Waals surface area (Å²) < 4.78 is 0. The first-order chi connectivity index (χ1) is 9.79. The van der Waals surface area contributed by atoms with E-state index in [2.05, 4.69) is 5.32 Å². The molecule has 0 aromatic rings. The molecular formula is C15H19NO5. The SMILES string of the molecule is C[C@@H]1C[C@@H](C)C(O)=C(C(=O)CC2CC(=O)NC(=O)C2)C1=O. The number of Topliss-reactive ketones (excluding diaryl/α,β-unsaturated/α-hetero) is 2. The molecule has 114 valence electrons. The summed E-state index contributed by atoms with van der Waals surface area (Å²) in [6.45, 7) is 3.50. The van der Waals surface area contributed by atoms with Crippen LogP contribution in [0, 0.1) is 17.8 Å². The second-order valence-corrected chi connectivity index (χ2v) is 6.04. The number of piperidine rings is 1. The number of hydrogen-bond acceptors (Lipinski definition) is 5. The van der Waals surface area contributed by atoms with Gasteiger partial charge in [0.25, 0.3) is 0 Å². The number of aliphatic hydroxyl groups is 1. The molecule has 1 saturated heterocycles. The van der Waals surface area contributed by atoms with E-state index in [1.165, 1.54) is 0 Å². The van der Waals surface area contributed by atoms with Crippen LogP contribution in [0.2, 0.25) is 0 Å². The van der Waals surface area contributed by atoms with Gasteiger partial charge in [-0.15, -0.1) is 0 Å². The van der Waals surface area contributed by atoms with Gasteiger partial charge in [0.05, 0.1) is 5.57 Å². The number of nitrogens with one attached hydrogen (secondary N) is 1. The van der Waals surface area contributed by atoms with Gasteiger partial charge in [0.1, 0.15) is 5.76 Å². The third-order valence-electron chi connectivity index (χ3n) is 4.10. The Labute approximate surface area is 122 Å². The number of carbonyl (C=O) groups is 4. The zero-order valence-corrected chi connectivity index (χ0v) is 12.1. The Morgan fingerprint density at radius 2 is 1.71 bits per heavy atom. The lowest BCUT2D eigenvalue weighted by Gasteiger charge is -2.26. The normalized spacial score (nSPS) is 27.8. The molecule has 6 heteroatoms. The zero-order chi connectivity index (χ0) is 15.7. The molecule has 1 aliphatic carbocycles. The lowest BCUT2D eigenvalue weighted by Crippen LogP contribution is -2.39. The highest BCUT2D eigenvalue weighted by Crippen LogP contribution is 2.32. The van der Waals surface area contributed by atoms with E-state index in [1.807, 2.05) is 0 Å². The summed E-state index contributed by atoms with van der Waals surface area (Å²) in [5.74, 6) is -2.71. The average molecular weight is 293 g/mol. The smallest absolute Gasteiger partial charge is 0.226 e. The van der Waals surface area contributed by atoms with Crippen LogP contribution in [0.15, 0.2) is 11.3 Å². The van der Waals surface area contributed by atoms with Gasteiger partial charge in [-0.2, -0.15) is 0 Å². The van der Waals surface area contributed by atoms with Gasteiger partial charge in [0.15, 0.2) is 11.6 Å². The van der Waals surface area contributed by atoms with Crippen LogP contribution in [-0.2, 0) is 19.2 Å². The van der Waals surface area contributed by atoms with E-state index < -0.39 is 23.5 Å². The van der Waals surface area contributed by atoms with Crippen molar-refractivity contribution in [3.63, 3.8) is 0 Å². The summed E-state index contributed by atoms with van der Waals surface area (Å²) in [7, 11) is 0. The summed E-state index contributed by atoms with van der Waals surface area (Å²) in [5.41, 5.74) is -0.139. The number of ketones is 2. The van der Waals surface area contributed by atoms with E-state index in [0.717, 1.165) is 0 Å². The Kier molecular flexibility index (Phi) is 4.25. The first kappa shape index (κ1) is 15.4. The summed E-state index contributed by atoms with van der Waals surface area (Å²) in [5, 5.41) is 12.2. The van der Waals surface area contributed by atoms with E-state index in [0.29, 0.717) is 6.42 Å². The molecule has 2 N–H and O–H groups in total. The molecule has 0 unspecified atom stereocenters. The largest absolute Gasteiger partial charge is 0.511 e. The van der Waals surface area contributed by atoms with E-state index in [4.69, 9.17) is 0 Å². The van der Waals surface area contributed by atoms with Crippen molar-refractivity contribution in [2.75, 3.05) is 0 Å². The second kappa shape index (κ2) is 5.79. The monoisotopic (exact) mass is 293 g/mol. The van der Waals surface area contributed by atoms with Crippen molar-refractivity contribution in [1.82, 2.24) is 5.32 Å². The molecule has 2 amide bonds. The number of rotatable bonds is 3. The maximum Gasteiger partial charge on any atom is 0.226 e. The highest BCUT2D eigenvalue weighted by Gasteiger charge is 2.36. The topological polar surface area (TPSA) is 101 Å². The molecule has 0 aromatic heterocycles. The lowest BCUT2D eigenvalue weighted by molar-refractivity contribution is -0.135. The number of aliphatic hydroxyl groups excluding tert-OH is 1. The minimum absolute atomic E-state index is 0.0657. The number of carbonyl (C=O) groups excluding carboxylic acids is 4. The molecule has 2 atom stereocenters. The summed E-state index contributed by atoms with van der Waals surface area (Å²) in [4.78, 5) is 47.0. The summed E-state index contributed by atoms with van der Waals surface area (Å²) in [6.07, 6.45) is 0.630. The Balaban J connectivity index is 2.15. The fourth-order valence-corrected chi connectivity index (χ4v) is 3.01. The second-order valence-electron chi connectivity index (χ2n) is 6.04. The highest BCUT2D eigenvalue weighted by atomic mass is 16.3. The maximum atomic E-state index is 12.3. The predicted molar refractivity (Wildman–Crippen MR) is 73.1 cm³/mol. The molecule has 6 nitrogen and oxygen atoms in total. The van der Waals surface area contributed by atoms with Gasteiger partial charge in [-0.25, -0.2) is 0 Å². The first-order valence-corrected chi connectivity index (χ1v) is 7.12. The van der Waals surface area contributed by atoms with Gasteiger partial charge in [0.2, 0.25) is 11.8 Å². The Morgan fingerprint density at radius 1 is 1.14 bits per heavy atom. The van der Waals surface area contributed by atoms with E-state index >= 15 is 0 Å². The van der Waals surface area contributed by atoms with Crippen LogP contribution < -0.4 is 5.32 Å². The number of amides is 2. The summed E-state index contributed by atoms with van der Waals surface area (Å²) in [6, 6.07) is 0. The quantitative estimate of drug-likeness (QED) is 0.598. The van der Waals surface area contributed by atoms with Crippen LogP contribution in [0.3, 0.4) is 0 Å². The maximum absolute atomic E-state index is 12.3. The molecule has 21 heavy (non-hydrogen) atoms. The summed E-state index contributed by atoms with van der Waals surface area (Å²) >= 11 is 0. The van der Waals surface area contributed by atoms with Crippen molar-refractivity contribution < 1.29 is 24.3 Å². The van der Waals surface area contributed by atoms with Crippen molar-refractivity contribution in [1.29, 1.82) is 0 Å². The Morgan fingerprint density at radius 3 is 2.29 bits per heavy atom. The van der Waals surface area contributed by atoms with Crippen molar-refractivity contribution in [3.8, 4) is 0 Å². The van der Waals surface area contributed by atoms with Crippen LogP contribution in [0.25, 0.3) is 0 Å². The van der Waals surface area contributed by atoms with E-state index in [1.54, 1.807) is 13.8 Å². The van der Waals surface area contributed by atoms with Crippen molar-refractivity contribution in [3.05, 3.63) is 11.3 Å². The van der Waals surface area contributed by atoms with Crippen LogP contribution >= 0.6 is 0 Å². The first-order valence-electron chi connectivity index (χ1n) is 7.12. The predicted octanol–water partition coefficient (Wildman–Crippen LogP) is 1.06. The lowest BCUT2D eigenvalue weighted by atomic mass is 9.78. The number of hydrogen-bond donors (Lipinski definition) is 2. The van der Waals surface area contributed by atoms with Gasteiger partial charge in [-0.05, 0) is 12.3 Å². The van der Waals surface area contributed by atoms with Crippen LogP contribution in [0.5, 0.6) is 0 Å². The van der Waals surface area contributed by atoms with Crippen LogP contribution in [-0.4, -0.2) is 28.5 Å². The molecule has 0 saturated carbocycles. The van der Waals surface area contributed by atoms with E-state index in [-0.39, 0.29) is 48.2 Å². The standard InChI is InChI=1S/C15H19NO5/c1-7-3-8(2)15(21)13(14(7)20)10(17)4-9-5-11(18)16-12(19)6-9/h7-9,20H,3-6H2,1-2H3,(H,16,18,19)/t7-,8-/m1/s1. The molecule has 2 rings (SSSR count). The van der Waals surface area contributed by atoms with Crippen molar-refractivity contribution in [2.24, 2.45) is 17.8 Å². The van der Waals surface area contributed by atoms with Crippen molar-refractivity contribution in [2.45, 2.75) is 39.5 Å². The van der Waals surface area contributed by atoms with Crippen LogP contribution in [0.4, 0.5) is 0 Å². The molecule has 2 aliphatic rings. The molecule has 0 spiro atoms. The third kappa shape index (κ3) is 3.20. The van der Waals surface area contributed by atoms with Gasteiger partial charge >= 0.3 is 0 Å². The average Bonchev–Trinajstić information content (AvgIpc) is 2.35. The molecular weight excluding hydrogens is 274 g/mol.